The summed E-state index contributed by atoms with van der Waals surface area (Å²) in [6, 6.07) is 7.49. The zero-order chi connectivity index (χ0) is 12.4. The predicted molar refractivity (Wildman–Crippen MR) is 62.4 cm³/mol. The van der Waals surface area contributed by atoms with E-state index in [0.717, 1.165) is 11.1 Å². The highest BCUT2D eigenvalue weighted by Gasteiger charge is 2.22. The molecule has 0 aliphatic carbocycles. The molecule has 5 nitrogen and oxygen atoms in total. The summed E-state index contributed by atoms with van der Waals surface area (Å²) >= 11 is 0. The number of methoxy groups -OCH3 is 1. The zero-order valence-electron chi connectivity index (χ0n) is 9.56. The molecule has 1 aromatic heterocycles. The lowest BCUT2D eigenvalue weighted by molar-refractivity contribution is 0.0602. The van der Waals surface area contributed by atoms with Gasteiger partial charge in [0.1, 0.15) is 0 Å². The Labute approximate surface area is 98.2 Å². The highest BCUT2D eigenvalue weighted by Crippen LogP contribution is 2.28. The number of esters is 1. The Hall–Kier alpha value is -2.30. The van der Waals surface area contributed by atoms with Crippen molar-refractivity contribution < 1.29 is 14.1 Å². The van der Waals surface area contributed by atoms with E-state index in [9.17, 15) is 4.79 Å². The topological polar surface area (TPSA) is 78.4 Å². The molecule has 0 saturated heterocycles. The van der Waals surface area contributed by atoms with E-state index in [4.69, 9.17) is 10.3 Å². The van der Waals surface area contributed by atoms with Gasteiger partial charge in [0.2, 0.25) is 0 Å². The molecule has 17 heavy (non-hydrogen) atoms. The number of carbonyl (C=O) groups is 1. The first-order chi connectivity index (χ1) is 8.13. The number of anilines is 1. The van der Waals surface area contributed by atoms with Gasteiger partial charge in [-0.15, -0.1) is 0 Å². The van der Waals surface area contributed by atoms with Crippen LogP contribution < -0.4 is 5.73 Å². The minimum absolute atomic E-state index is 0.0347. The lowest BCUT2D eigenvalue weighted by Crippen LogP contribution is -2.05. The molecule has 0 spiro atoms. The molecular weight excluding hydrogens is 220 g/mol. The third-order valence-electron chi connectivity index (χ3n) is 2.42. The standard InChI is InChI=1S/C12H12N2O3/c1-7-3-5-8(6-4-7)10-9(12(15)16-2)11(13)14-17-10/h3-6H,1-2H3,(H2,13,14). The molecule has 5 heteroatoms. The lowest BCUT2D eigenvalue weighted by Gasteiger charge is -2.00. The average Bonchev–Trinajstić information content (AvgIpc) is 2.71. The summed E-state index contributed by atoms with van der Waals surface area (Å²) in [6.45, 7) is 1.97. The van der Waals surface area contributed by atoms with Crippen LogP contribution in [0.1, 0.15) is 15.9 Å². The molecule has 0 amide bonds. The monoisotopic (exact) mass is 232 g/mol. The second kappa shape index (κ2) is 4.29. The van der Waals surface area contributed by atoms with Crippen LogP contribution in [0.15, 0.2) is 28.8 Å². The van der Waals surface area contributed by atoms with Gasteiger partial charge in [-0.25, -0.2) is 4.79 Å². The molecule has 0 unspecified atom stereocenters. The van der Waals surface area contributed by atoms with Crippen LogP contribution in [-0.2, 0) is 4.74 Å². The van der Waals surface area contributed by atoms with Crippen molar-refractivity contribution in [2.75, 3.05) is 12.8 Å². The zero-order valence-corrected chi connectivity index (χ0v) is 9.56. The van der Waals surface area contributed by atoms with E-state index in [1.165, 1.54) is 7.11 Å². The fraction of sp³-hybridized carbons (Fsp3) is 0.167. The largest absolute Gasteiger partial charge is 0.465 e. The van der Waals surface area contributed by atoms with Crippen molar-refractivity contribution in [3.05, 3.63) is 35.4 Å². The SMILES string of the molecule is COC(=O)c1c(N)noc1-c1ccc(C)cc1. The van der Waals surface area contributed by atoms with E-state index in [0.29, 0.717) is 5.76 Å². The molecule has 1 aromatic carbocycles. The highest BCUT2D eigenvalue weighted by molar-refractivity contribution is 6.00. The third kappa shape index (κ3) is 1.99. The van der Waals surface area contributed by atoms with E-state index in [2.05, 4.69) is 9.89 Å². The number of nitrogen functional groups attached to an aromatic ring is 1. The molecule has 0 fully saturated rings. The molecule has 0 bridgehead atoms. The summed E-state index contributed by atoms with van der Waals surface area (Å²) in [5.41, 5.74) is 7.59. The minimum Gasteiger partial charge on any atom is -0.465 e. The van der Waals surface area contributed by atoms with Crippen molar-refractivity contribution in [1.82, 2.24) is 5.16 Å². The van der Waals surface area contributed by atoms with Gasteiger partial charge in [-0.3, -0.25) is 0 Å². The van der Waals surface area contributed by atoms with Crippen molar-refractivity contribution in [2.24, 2.45) is 0 Å². The quantitative estimate of drug-likeness (QED) is 0.801. The Bertz CT molecular complexity index is 543. The number of rotatable bonds is 2. The van der Waals surface area contributed by atoms with Crippen LogP contribution in [0, 0.1) is 6.92 Å². The summed E-state index contributed by atoms with van der Waals surface area (Å²) in [6.07, 6.45) is 0. The first-order valence-electron chi connectivity index (χ1n) is 5.04. The number of ether oxygens (including phenoxy) is 1. The second-order valence-corrected chi connectivity index (χ2v) is 3.63. The van der Waals surface area contributed by atoms with Crippen LogP contribution in [-0.4, -0.2) is 18.2 Å². The predicted octanol–water partition coefficient (Wildman–Crippen LogP) is 2.02. The summed E-state index contributed by atoms with van der Waals surface area (Å²) < 4.78 is 9.71. The molecule has 2 N–H and O–H groups in total. The maximum atomic E-state index is 11.6. The molecule has 0 aliphatic heterocycles. The van der Waals surface area contributed by atoms with Gasteiger partial charge in [-0.1, -0.05) is 35.0 Å². The lowest BCUT2D eigenvalue weighted by atomic mass is 10.1. The Balaban J connectivity index is 2.52. The Kier molecular flexibility index (Phi) is 2.82. The summed E-state index contributed by atoms with van der Waals surface area (Å²) in [5.74, 6) is -0.193. The second-order valence-electron chi connectivity index (χ2n) is 3.63. The normalized spacial score (nSPS) is 10.2. The molecular formula is C12H12N2O3. The first-order valence-corrected chi connectivity index (χ1v) is 5.04. The number of hydrogen-bond donors (Lipinski definition) is 1. The van der Waals surface area contributed by atoms with Gasteiger partial charge in [-0.05, 0) is 6.92 Å². The van der Waals surface area contributed by atoms with Gasteiger partial charge in [0.05, 0.1) is 7.11 Å². The fourth-order valence-electron chi connectivity index (χ4n) is 1.50. The number of benzene rings is 1. The number of carbonyl (C=O) groups excluding carboxylic acids is 1. The minimum atomic E-state index is -0.556. The molecule has 0 aliphatic rings. The van der Waals surface area contributed by atoms with Gasteiger partial charge in [0.25, 0.3) is 0 Å². The van der Waals surface area contributed by atoms with E-state index < -0.39 is 5.97 Å². The summed E-state index contributed by atoms with van der Waals surface area (Å²) in [7, 11) is 1.29. The molecule has 0 radical (unpaired) electrons. The molecule has 0 atom stereocenters. The van der Waals surface area contributed by atoms with Gasteiger partial charge in [0.15, 0.2) is 17.1 Å². The van der Waals surface area contributed by atoms with Crippen molar-refractivity contribution in [3.8, 4) is 11.3 Å². The molecule has 2 aromatic rings. The maximum Gasteiger partial charge on any atom is 0.345 e. The molecule has 2 rings (SSSR count). The maximum absolute atomic E-state index is 11.6. The van der Waals surface area contributed by atoms with Crippen molar-refractivity contribution in [1.29, 1.82) is 0 Å². The van der Waals surface area contributed by atoms with E-state index in [-0.39, 0.29) is 11.4 Å². The number of hydrogen-bond acceptors (Lipinski definition) is 5. The third-order valence-corrected chi connectivity index (χ3v) is 2.42. The molecule has 0 saturated carbocycles. The Morgan fingerprint density at radius 1 is 1.35 bits per heavy atom. The average molecular weight is 232 g/mol. The van der Waals surface area contributed by atoms with Gasteiger partial charge < -0.3 is 15.0 Å². The van der Waals surface area contributed by atoms with Crippen LogP contribution in [0.2, 0.25) is 0 Å². The van der Waals surface area contributed by atoms with Crippen LogP contribution >= 0.6 is 0 Å². The van der Waals surface area contributed by atoms with Crippen LogP contribution in [0.5, 0.6) is 0 Å². The van der Waals surface area contributed by atoms with Crippen molar-refractivity contribution >= 4 is 11.8 Å². The van der Waals surface area contributed by atoms with Crippen molar-refractivity contribution in [3.63, 3.8) is 0 Å². The Morgan fingerprint density at radius 2 is 2.00 bits per heavy atom. The highest BCUT2D eigenvalue weighted by atomic mass is 16.5. The van der Waals surface area contributed by atoms with E-state index in [1.807, 2.05) is 31.2 Å². The number of aryl methyl sites for hydroxylation is 1. The van der Waals surface area contributed by atoms with Gasteiger partial charge in [0, 0.05) is 5.56 Å². The molecule has 88 valence electrons. The van der Waals surface area contributed by atoms with Gasteiger partial charge >= 0.3 is 5.97 Å². The smallest absolute Gasteiger partial charge is 0.345 e. The van der Waals surface area contributed by atoms with Crippen molar-refractivity contribution in [2.45, 2.75) is 6.92 Å². The Morgan fingerprint density at radius 3 is 2.59 bits per heavy atom. The summed E-state index contributed by atoms with van der Waals surface area (Å²) in [5, 5.41) is 3.59. The van der Waals surface area contributed by atoms with E-state index >= 15 is 0 Å². The first kappa shape index (κ1) is 11.2. The van der Waals surface area contributed by atoms with Crippen LogP contribution in [0.25, 0.3) is 11.3 Å². The summed E-state index contributed by atoms with van der Waals surface area (Å²) in [4.78, 5) is 11.6. The van der Waals surface area contributed by atoms with E-state index in [1.54, 1.807) is 0 Å². The molecule has 1 heterocycles. The van der Waals surface area contributed by atoms with Gasteiger partial charge in [-0.2, -0.15) is 0 Å². The number of aromatic nitrogens is 1. The van der Waals surface area contributed by atoms with Crippen LogP contribution in [0.3, 0.4) is 0 Å². The van der Waals surface area contributed by atoms with Crippen LogP contribution in [0.4, 0.5) is 5.82 Å². The fourth-order valence-corrected chi connectivity index (χ4v) is 1.50. The number of nitrogens with zero attached hydrogens (tertiary/aromatic N) is 1. The number of nitrogens with two attached hydrogens (primary N) is 1.